The fraction of sp³-hybridized carbons (Fsp3) is 0.733. The molecule has 0 aliphatic carbocycles. The van der Waals surface area contributed by atoms with Gasteiger partial charge in [0.2, 0.25) is 11.0 Å². The Kier molecular flexibility index (Phi) is 5.98. The molecule has 1 fully saturated rings. The number of rotatable bonds is 5. The van der Waals surface area contributed by atoms with Crippen molar-refractivity contribution < 1.29 is 4.79 Å². The summed E-state index contributed by atoms with van der Waals surface area (Å²) in [7, 11) is 1.75. The molecule has 2 heterocycles. The number of carbonyl (C=O) groups is 1. The van der Waals surface area contributed by atoms with Crippen LogP contribution >= 0.6 is 11.5 Å². The van der Waals surface area contributed by atoms with Gasteiger partial charge in [-0.15, -0.1) is 0 Å². The highest BCUT2D eigenvalue weighted by atomic mass is 32.1. The second-order valence-electron chi connectivity index (χ2n) is 6.47. The van der Waals surface area contributed by atoms with Crippen LogP contribution in [0.2, 0.25) is 0 Å². The number of carbonyl (C=O) groups excluding carboxylic acids is 1. The Labute approximate surface area is 147 Å². The van der Waals surface area contributed by atoms with E-state index in [4.69, 9.17) is 5.73 Å². The number of aromatic nitrogens is 2. The van der Waals surface area contributed by atoms with Crippen molar-refractivity contribution in [3.8, 4) is 0 Å². The van der Waals surface area contributed by atoms with Crippen molar-refractivity contribution in [1.29, 1.82) is 0 Å². The predicted molar refractivity (Wildman–Crippen MR) is 97.4 cm³/mol. The van der Waals surface area contributed by atoms with Gasteiger partial charge in [-0.25, -0.2) is 4.98 Å². The minimum atomic E-state index is -0.610. The summed E-state index contributed by atoms with van der Waals surface area (Å²) in [6, 6.07) is 0. The van der Waals surface area contributed by atoms with Gasteiger partial charge in [0.25, 0.3) is 0 Å². The molecule has 3 N–H and O–H groups in total. The summed E-state index contributed by atoms with van der Waals surface area (Å²) in [6.45, 7) is 9.62. The average Bonchev–Trinajstić information content (AvgIpc) is 3.05. The summed E-state index contributed by atoms with van der Waals surface area (Å²) in [5, 5.41) is 4.25. The van der Waals surface area contributed by atoms with Crippen LogP contribution in [0.5, 0.6) is 0 Å². The van der Waals surface area contributed by atoms with Crippen LogP contribution in [0, 0.1) is 5.41 Å². The number of amides is 1. The molecule has 1 aromatic rings. The number of aryl methyl sites for hydroxylation is 1. The van der Waals surface area contributed by atoms with Crippen molar-refractivity contribution in [3.63, 3.8) is 0 Å². The molecule has 1 aliphatic heterocycles. The first-order valence-electron chi connectivity index (χ1n) is 8.20. The van der Waals surface area contributed by atoms with Crippen LogP contribution in [0.3, 0.4) is 0 Å². The van der Waals surface area contributed by atoms with Gasteiger partial charge in [-0.3, -0.25) is 9.79 Å². The maximum absolute atomic E-state index is 11.4. The van der Waals surface area contributed by atoms with Crippen molar-refractivity contribution >= 4 is 28.5 Å². The molecule has 1 aliphatic rings. The Balaban J connectivity index is 1.89. The van der Waals surface area contributed by atoms with Gasteiger partial charge in [0.1, 0.15) is 5.82 Å². The summed E-state index contributed by atoms with van der Waals surface area (Å²) < 4.78 is 4.35. The van der Waals surface area contributed by atoms with Gasteiger partial charge in [0.05, 0.1) is 5.41 Å². The van der Waals surface area contributed by atoms with Crippen LogP contribution in [0.15, 0.2) is 4.99 Å². The van der Waals surface area contributed by atoms with Gasteiger partial charge in [-0.1, -0.05) is 6.92 Å². The van der Waals surface area contributed by atoms with E-state index in [2.05, 4.69) is 36.4 Å². The van der Waals surface area contributed by atoms with E-state index in [1.807, 2.05) is 13.8 Å². The Bertz CT molecular complexity index is 590. The normalized spacial score (nSPS) is 16.4. The van der Waals surface area contributed by atoms with Gasteiger partial charge >= 0.3 is 0 Å². The number of hydrogen-bond donors (Lipinski definition) is 2. The molecule has 0 atom stereocenters. The lowest BCUT2D eigenvalue weighted by Gasteiger charge is -2.36. The van der Waals surface area contributed by atoms with E-state index in [0.717, 1.165) is 49.5 Å². The van der Waals surface area contributed by atoms with Gasteiger partial charge in [-0.05, 0) is 13.8 Å². The van der Waals surface area contributed by atoms with Crippen LogP contribution in [0.4, 0.5) is 5.13 Å². The number of primary amides is 1. The standard InChI is InChI=1S/C15H27N7OS/c1-5-11-19-14(24-20-11)22-8-6-21(7-9-22)13(17-4)18-10-15(2,3)12(16)23/h5-10H2,1-4H3,(H2,16,23)(H,17,18). The minimum Gasteiger partial charge on any atom is -0.369 e. The van der Waals surface area contributed by atoms with Crippen molar-refractivity contribution in [2.24, 2.45) is 16.1 Å². The first-order valence-corrected chi connectivity index (χ1v) is 8.97. The molecule has 1 aromatic heterocycles. The Hall–Kier alpha value is -1.90. The van der Waals surface area contributed by atoms with Crippen molar-refractivity contribution in [2.75, 3.05) is 44.7 Å². The third-order valence-corrected chi connectivity index (χ3v) is 5.01. The average molecular weight is 353 g/mol. The van der Waals surface area contributed by atoms with Crippen LogP contribution in [0.25, 0.3) is 0 Å². The zero-order valence-corrected chi connectivity index (χ0v) is 15.7. The number of nitrogens with one attached hydrogen (secondary N) is 1. The SMILES string of the molecule is CCc1nsc(N2CCN(C(=NC)NCC(C)(C)C(N)=O)CC2)n1. The lowest BCUT2D eigenvalue weighted by molar-refractivity contribution is -0.125. The summed E-state index contributed by atoms with van der Waals surface area (Å²) in [5.74, 6) is 1.39. The van der Waals surface area contributed by atoms with E-state index in [9.17, 15) is 4.79 Å². The van der Waals surface area contributed by atoms with Gasteiger partial charge in [-0.2, -0.15) is 4.37 Å². The first-order chi connectivity index (χ1) is 11.4. The second-order valence-corrected chi connectivity index (χ2v) is 7.20. The Morgan fingerprint density at radius 2 is 2.04 bits per heavy atom. The smallest absolute Gasteiger partial charge is 0.224 e. The van der Waals surface area contributed by atoms with Gasteiger partial charge in [0, 0.05) is 57.7 Å². The van der Waals surface area contributed by atoms with Gasteiger partial charge < -0.3 is 20.9 Å². The topological polar surface area (TPSA) is 99.7 Å². The van der Waals surface area contributed by atoms with E-state index >= 15 is 0 Å². The van der Waals surface area contributed by atoms with E-state index in [1.54, 1.807) is 7.05 Å². The van der Waals surface area contributed by atoms with E-state index in [-0.39, 0.29) is 5.91 Å². The van der Waals surface area contributed by atoms with E-state index in [1.165, 1.54) is 11.5 Å². The summed E-state index contributed by atoms with van der Waals surface area (Å²) in [4.78, 5) is 24.8. The molecule has 1 saturated heterocycles. The maximum atomic E-state index is 11.4. The van der Waals surface area contributed by atoms with E-state index in [0.29, 0.717) is 6.54 Å². The van der Waals surface area contributed by atoms with Gasteiger partial charge in [0.15, 0.2) is 5.96 Å². The zero-order chi connectivity index (χ0) is 17.7. The number of guanidine groups is 1. The molecule has 1 amide bonds. The molecule has 0 spiro atoms. The number of anilines is 1. The summed E-state index contributed by atoms with van der Waals surface area (Å²) in [6.07, 6.45) is 0.864. The molecule has 8 nitrogen and oxygen atoms in total. The molecule has 0 unspecified atom stereocenters. The zero-order valence-electron chi connectivity index (χ0n) is 14.9. The van der Waals surface area contributed by atoms with E-state index < -0.39 is 5.41 Å². The quantitative estimate of drug-likeness (QED) is 0.584. The highest BCUT2D eigenvalue weighted by Crippen LogP contribution is 2.19. The summed E-state index contributed by atoms with van der Waals surface area (Å²) in [5.41, 5.74) is 4.81. The number of hydrogen-bond acceptors (Lipinski definition) is 6. The molecule has 0 saturated carbocycles. The molecule has 24 heavy (non-hydrogen) atoms. The minimum absolute atomic E-state index is 0.321. The van der Waals surface area contributed by atoms with Crippen LogP contribution < -0.4 is 16.0 Å². The number of nitrogens with two attached hydrogens (primary N) is 1. The first kappa shape index (κ1) is 18.4. The molecule has 0 aromatic carbocycles. The van der Waals surface area contributed by atoms with Crippen molar-refractivity contribution in [1.82, 2.24) is 19.6 Å². The molecule has 2 rings (SSSR count). The molecule has 0 radical (unpaired) electrons. The third kappa shape index (κ3) is 4.34. The van der Waals surface area contributed by atoms with Crippen LogP contribution in [0.1, 0.15) is 26.6 Å². The highest BCUT2D eigenvalue weighted by Gasteiger charge is 2.27. The molecule has 0 bridgehead atoms. The van der Waals surface area contributed by atoms with Crippen molar-refractivity contribution in [3.05, 3.63) is 5.82 Å². The second kappa shape index (κ2) is 7.78. The third-order valence-electron chi connectivity index (χ3n) is 4.19. The maximum Gasteiger partial charge on any atom is 0.224 e. The van der Waals surface area contributed by atoms with Crippen LogP contribution in [-0.4, -0.2) is 65.9 Å². The van der Waals surface area contributed by atoms with Crippen LogP contribution in [-0.2, 0) is 11.2 Å². The lowest BCUT2D eigenvalue weighted by atomic mass is 9.93. The fourth-order valence-electron chi connectivity index (χ4n) is 2.35. The lowest BCUT2D eigenvalue weighted by Crippen LogP contribution is -2.54. The Morgan fingerprint density at radius 1 is 1.38 bits per heavy atom. The summed E-state index contributed by atoms with van der Waals surface area (Å²) >= 11 is 1.46. The molecule has 134 valence electrons. The monoisotopic (exact) mass is 353 g/mol. The number of nitrogens with zero attached hydrogens (tertiary/aromatic N) is 5. The number of aliphatic imine (C=N–C) groups is 1. The largest absolute Gasteiger partial charge is 0.369 e. The predicted octanol–water partition coefficient (Wildman–Crippen LogP) is 0.309. The highest BCUT2D eigenvalue weighted by molar-refractivity contribution is 7.09. The fourth-order valence-corrected chi connectivity index (χ4v) is 3.15. The van der Waals surface area contributed by atoms with Crippen molar-refractivity contribution in [2.45, 2.75) is 27.2 Å². The number of piperazine rings is 1. The molecule has 9 heteroatoms. The Morgan fingerprint density at radius 3 is 2.54 bits per heavy atom. The molecular weight excluding hydrogens is 326 g/mol. The molecular formula is C15H27N7OS.